The van der Waals surface area contributed by atoms with Gasteiger partial charge in [0.25, 0.3) is 5.91 Å². The molecule has 1 spiro atoms. The molecule has 35 heavy (non-hydrogen) atoms. The Balaban J connectivity index is 1.33. The van der Waals surface area contributed by atoms with E-state index in [0.29, 0.717) is 44.3 Å². The third-order valence-corrected chi connectivity index (χ3v) is 7.39. The maximum absolute atomic E-state index is 12.9. The quantitative estimate of drug-likeness (QED) is 0.706. The highest BCUT2D eigenvalue weighted by Gasteiger charge is 2.36. The van der Waals surface area contributed by atoms with Crippen LogP contribution in [0.3, 0.4) is 0 Å². The number of para-hydroxylation sites is 1. The predicted molar refractivity (Wildman–Crippen MR) is 132 cm³/mol. The highest BCUT2D eigenvalue weighted by atomic mass is 16.5. The molecular formula is C27H38N4O4. The maximum atomic E-state index is 12.9. The smallest absolute Gasteiger partial charge is 0.260 e. The number of ether oxygens (including phenoxy) is 1. The minimum atomic E-state index is -0.546. The Bertz CT molecular complexity index is 1010. The zero-order valence-corrected chi connectivity index (χ0v) is 21.2. The van der Waals surface area contributed by atoms with Gasteiger partial charge < -0.3 is 19.4 Å². The summed E-state index contributed by atoms with van der Waals surface area (Å²) >= 11 is 0. The van der Waals surface area contributed by atoms with Crippen LogP contribution in [0, 0.1) is 5.41 Å². The van der Waals surface area contributed by atoms with Crippen molar-refractivity contribution in [3.63, 3.8) is 0 Å². The molecule has 190 valence electrons. The molecule has 0 aliphatic carbocycles. The second kappa shape index (κ2) is 11.2. The molecule has 0 radical (unpaired) electrons. The average Bonchev–Trinajstić information content (AvgIpc) is 3.34. The molecule has 1 atom stereocenters. The Morgan fingerprint density at radius 2 is 1.94 bits per heavy atom. The summed E-state index contributed by atoms with van der Waals surface area (Å²) in [5.41, 5.74) is 1.17. The lowest BCUT2D eigenvalue weighted by atomic mass is 9.74. The highest BCUT2D eigenvalue weighted by Crippen LogP contribution is 2.37. The van der Waals surface area contributed by atoms with E-state index in [1.807, 2.05) is 36.9 Å². The van der Waals surface area contributed by atoms with Crippen molar-refractivity contribution < 1.29 is 18.7 Å². The Labute approximate surface area is 207 Å². The molecule has 2 aliphatic rings. The van der Waals surface area contributed by atoms with E-state index in [0.717, 1.165) is 49.8 Å². The van der Waals surface area contributed by atoms with Crippen LogP contribution in [0.1, 0.15) is 82.6 Å². The monoisotopic (exact) mass is 482 g/mol. The molecule has 0 unspecified atom stereocenters. The van der Waals surface area contributed by atoms with Crippen LogP contribution in [0.15, 0.2) is 28.7 Å². The summed E-state index contributed by atoms with van der Waals surface area (Å²) < 4.78 is 11.6. The third-order valence-electron chi connectivity index (χ3n) is 7.39. The normalized spacial score (nSPS) is 21.0. The summed E-state index contributed by atoms with van der Waals surface area (Å²) in [5.74, 6) is 2.16. The lowest BCUT2D eigenvalue weighted by Gasteiger charge is -2.42. The summed E-state index contributed by atoms with van der Waals surface area (Å²) in [6.07, 6.45) is 6.24. The van der Waals surface area contributed by atoms with Crippen LogP contribution >= 0.6 is 0 Å². The number of amides is 2. The largest absolute Gasteiger partial charge is 0.481 e. The van der Waals surface area contributed by atoms with Gasteiger partial charge >= 0.3 is 0 Å². The van der Waals surface area contributed by atoms with Gasteiger partial charge in [-0.2, -0.15) is 0 Å². The number of aryl methyl sites for hydroxylation is 2. The topological polar surface area (TPSA) is 97.6 Å². The minimum Gasteiger partial charge on any atom is -0.481 e. The number of hydrogen-bond donors (Lipinski definition) is 1. The number of benzene rings is 1. The zero-order chi connectivity index (χ0) is 24.8. The van der Waals surface area contributed by atoms with Gasteiger partial charge in [-0.15, -0.1) is 10.2 Å². The zero-order valence-electron chi connectivity index (χ0n) is 21.2. The summed E-state index contributed by atoms with van der Waals surface area (Å²) in [6, 6.07) is 8.00. The van der Waals surface area contributed by atoms with Gasteiger partial charge in [-0.3, -0.25) is 9.59 Å². The number of nitrogens with zero attached hydrogens (tertiary/aromatic N) is 3. The number of nitrogens with one attached hydrogen (secondary N) is 1. The van der Waals surface area contributed by atoms with Crippen LogP contribution in [0.25, 0.3) is 0 Å². The lowest BCUT2D eigenvalue weighted by Crippen LogP contribution is -2.49. The number of piperidine rings is 1. The number of hydrogen-bond acceptors (Lipinski definition) is 6. The van der Waals surface area contributed by atoms with Gasteiger partial charge in [-0.25, -0.2) is 0 Å². The summed E-state index contributed by atoms with van der Waals surface area (Å²) in [5, 5.41) is 11.3. The van der Waals surface area contributed by atoms with Crippen LogP contribution in [-0.2, 0) is 22.4 Å². The molecule has 1 aromatic heterocycles. The Kier molecular flexibility index (Phi) is 8.08. The average molecular weight is 483 g/mol. The van der Waals surface area contributed by atoms with Crippen molar-refractivity contribution in [1.29, 1.82) is 0 Å². The van der Waals surface area contributed by atoms with E-state index in [-0.39, 0.29) is 23.1 Å². The highest BCUT2D eigenvalue weighted by molar-refractivity contribution is 5.80. The first-order valence-corrected chi connectivity index (χ1v) is 13.0. The Hall–Kier alpha value is -2.90. The van der Waals surface area contributed by atoms with Gasteiger partial charge in [0, 0.05) is 38.4 Å². The van der Waals surface area contributed by atoms with E-state index in [1.165, 1.54) is 0 Å². The Morgan fingerprint density at radius 3 is 2.69 bits per heavy atom. The summed E-state index contributed by atoms with van der Waals surface area (Å²) in [7, 11) is 0. The molecule has 8 heteroatoms. The fourth-order valence-electron chi connectivity index (χ4n) is 5.02. The molecule has 8 nitrogen and oxygen atoms in total. The van der Waals surface area contributed by atoms with E-state index < -0.39 is 6.10 Å². The van der Waals surface area contributed by atoms with Crippen molar-refractivity contribution in [2.75, 3.05) is 19.6 Å². The number of aromatic nitrogens is 2. The summed E-state index contributed by atoms with van der Waals surface area (Å²) in [4.78, 5) is 27.6. The van der Waals surface area contributed by atoms with Crippen molar-refractivity contribution in [2.24, 2.45) is 5.41 Å². The van der Waals surface area contributed by atoms with Crippen molar-refractivity contribution in [3.05, 3.63) is 41.6 Å². The van der Waals surface area contributed by atoms with Crippen molar-refractivity contribution in [3.8, 4) is 5.75 Å². The SMILES string of the molecule is CC(C)c1nnc(CCC(=O)N2CCC3(CCCCc4ccccc4O[C@H](C)C(=O)NC3)CC2)o1. The molecule has 0 bridgehead atoms. The van der Waals surface area contributed by atoms with Crippen molar-refractivity contribution >= 4 is 11.8 Å². The molecule has 3 heterocycles. The molecule has 1 fully saturated rings. The number of rotatable bonds is 4. The van der Waals surface area contributed by atoms with E-state index in [4.69, 9.17) is 9.15 Å². The molecular weight excluding hydrogens is 444 g/mol. The fraction of sp³-hybridized carbons (Fsp3) is 0.630. The number of likely N-dealkylation sites (tertiary alicyclic amines) is 1. The van der Waals surface area contributed by atoms with E-state index in [1.54, 1.807) is 6.92 Å². The van der Waals surface area contributed by atoms with Crippen LogP contribution in [0.2, 0.25) is 0 Å². The molecule has 2 aromatic rings. The van der Waals surface area contributed by atoms with E-state index >= 15 is 0 Å². The van der Waals surface area contributed by atoms with Crippen LogP contribution in [0.4, 0.5) is 0 Å². The van der Waals surface area contributed by atoms with Crippen LogP contribution < -0.4 is 10.1 Å². The second-order valence-corrected chi connectivity index (χ2v) is 10.4. The molecule has 1 aromatic carbocycles. The first-order valence-electron chi connectivity index (χ1n) is 13.0. The lowest BCUT2D eigenvalue weighted by molar-refractivity contribution is -0.134. The predicted octanol–water partition coefficient (Wildman–Crippen LogP) is 4.04. The van der Waals surface area contributed by atoms with Crippen LogP contribution in [0.5, 0.6) is 5.75 Å². The fourth-order valence-corrected chi connectivity index (χ4v) is 5.02. The van der Waals surface area contributed by atoms with Crippen LogP contribution in [-0.4, -0.2) is 52.6 Å². The number of carbonyl (C=O) groups is 2. The van der Waals surface area contributed by atoms with Crippen molar-refractivity contribution in [2.45, 2.75) is 84.2 Å². The molecule has 0 saturated carbocycles. The van der Waals surface area contributed by atoms with Gasteiger partial charge in [0.1, 0.15) is 5.75 Å². The standard InChI is InChI=1S/C27H38N4O4/c1-19(2)26-30-29-23(35-26)11-12-24(32)31-16-14-27(15-17-31)13-7-6-9-21-8-4-5-10-22(21)34-20(3)25(33)28-18-27/h4-5,8,10,19-20H,6-7,9,11-18H2,1-3H3,(H,28,33)/t20-/m1/s1. The molecule has 4 rings (SSSR count). The number of carbonyl (C=O) groups excluding carboxylic acids is 2. The second-order valence-electron chi connectivity index (χ2n) is 10.4. The van der Waals surface area contributed by atoms with Gasteiger partial charge in [-0.05, 0) is 56.1 Å². The molecule has 1 N–H and O–H groups in total. The van der Waals surface area contributed by atoms with Gasteiger partial charge in [-0.1, -0.05) is 38.5 Å². The van der Waals surface area contributed by atoms with E-state index in [9.17, 15) is 9.59 Å². The van der Waals surface area contributed by atoms with Gasteiger partial charge in [0.05, 0.1) is 0 Å². The maximum Gasteiger partial charge on any atom is 0.260 e. The van der Waals surface area contributed by atoms with Crippen molar-refractivity contribution in [1.82, 2.24) is 20.4 Å². The van der Waals surface area contributed by atoms with E-state index in [2.05, 4.69) is 21.6 Å². The molecule has 2 aliphatic heterocycles. The Morgan fingerprint density at radius 1 is 1.17 bits per heavy atom. The molecule has 2 amide bonds. The number of fused-ring (bicyclic) bond motifs is 1. The first-order chi connectivity index (χ1) is 16.8. The third kappa shape index (κ3) is 6.41. The van der Waals surface area contributed by atoms with Gasteiger partial charge in [0.15, 0.2) is 6.10 Å². The molecule has 1 saturated heterocycles. The van der Waals surface area contributed by atoms with Gasteiger partial charge in [0.2, 0.25) is 17.7 Å². The minimum absolute atomic E-state index is 0.0174. The first kappa shape index (κ1) is 25.2. The summed E-state index contributed by atoms with van der Waals surface area (Å²) in [6.45, 7) is 7.87.